The second kappa shape index (κ2) is 7.61. The van der Waals surface area contributed by atoms with Gasteiger partial charge in [-0.05, 0) is 30.2 Å². The summed E-state index contributed by atoms with van der Waals surface area (Å²) in [6, 6.07) is 6.11. The Morgan fingerprint density at radius 1 is 1.20 bits per heavy atom. The summed E-state index contributed by atoms with van der Waals surface area (Å²) < 4.78 is 31.8. The highest BCUT2D eigenvalue weighted by molar-refractivity contribution is 7.89. The van der Waals surface area contributed by atoms with Gasteiger partial charge in [0.25, 0.3) is 0 Å². The Balaban J connectivity index is 2.69. The first-order chi connectivity index (χ1) is 9.44. The largest absolute Gasteiger partial charge is 0.497 e. The molecule has 0 aliphatic rings. The number of nitrogens with one attached hydrogen (secondary N) is 1. The van der Waals surface area contributed by atoms with E-state index in [0.717, 1.165) is 12.8 Å². The lowest BCUT2D eigenvalue weighted by molar-refractivity contribution is 0.392. The van der Waals surface area contributed by atoms with Crippen LogP contribution in [0.1, 0.15) is 26.7 Å². The summed E-state index contributed by atoms with van der Waals surface area (Å²) in [7, 11) is -1.98. The van der Waals surface area contributed by atoms with Crippen molar-refractivity contribution in [2.45, 2.75) is 37.6 Å². The Morgan fingerprint density at radius 2 is 1.75 bits per heavy atom. The number of nitrogens with two attached hydrogens (primary N) is 1. The third-order valence-electron chi connectivity index (χ3n) is 3.53. The number of methoxy groups -OCH3 is 1. The van der Waals surface area contributed by atoms with E-state index < -0.39 is 10.0 Å². The number of ether oxygens (including phenoxy) is 1. The minimum Gasteiger partial charge on any atom is -0.497 e. The quantitative estimate of drug-likeness (QED) is 0.766. The predicted molar refractivity (Wildman–Crippen MR) is 80.2 cm³/mol. The maximum Gasteiger partial charge on any atom is 0.240 e. The molecule has 0 saturated carbocycles. The molecular formula is C14H24N2O3S. The van der Waals surface area contributed by atoms with Gasteiger partial charge >= 0.3 is 0 Å². The van der Waals surface area contributed by atoms with E-state index in [1.165, 1.54) is 19.2 Å². The Morgan fingerprint density at radius 3 is 2.20 bits per heavy atom. The van der Waals surface area contributed by atoms with Crippen molar-refractivity contribution in [3.05, 3.63) is 24.3 Å². The molecule has 0 fully saturated rings. The molecule has 1 aromatic rings. The molecule has 0 aliphatic carbocycles. The molecule has 20 heavy (non-hydrogen) atoms. The third kappa shape index (κ3) is 4.47. The molecule has 0 bridgehead atoms. The molecule has 1 rings (SSSR count). The van der Waals surface area contributed by atoms with E-state index in [1.807, 2.05) is 0 Å². The fourth-order valence-electron chi connectivity index (χ4n) is 2.10. The smallest absolute Gasteiger partial charge is 0.240 e. The Kier molecular flexibility index (Phi) is 6.45. The van der Waals surface area contributed by atoms with E-state index in [-0.39, 0.29) is 17.5 Å². The lowest BCUT2D eigenvalue weighted by Gasteiger charge is -2.21. The first-order valence-electron chi connectivity index (χ1n) is 6.83. The van der Waals surface area contributed by atoms with Crippen LogP contribution in [0.25, 0.3) is 0 Å². The maximum absolute atomic E-state index is 12.1. The van der Waals surface area contributed by atoms with Gasteiger partial charge in [0, 0.05) is 12.6 Å². The molecule has 5 nitrogen and oxygen atoms in total. The van der Waals surface area contributed by atoms with Crippen molar-refractivity contribution in [3.63, 3.8) is 0 Å². The minimum absolute atomic E-state index is 0.168. The summed E-state index contributed by atoms with van der Waals surface area (Å²) in [6.45, 7) is 4.37. The first-order valence-corrected chi connectivity index (χ1v) is 8.32. The van der Waals surface area contributed by atoms with Crippen molar-refractivity contribution in [2.75, 3.05) is 13.7 Å². The normalized spacial score (nSPS) is 13.4. The van der Waals surface area contributed by atoms with Gasteiger partial charge in [0.1, 0.15) is 5.75 Å². The molecule has 1 aromatic carbocycles. The molecule has 1 unspecified atom stereocenters. The van der Waals surface area contributed by atoms with Crippen LogP contribution >= 0.6 is 0 Å². The highest BCUT2D eigenvalue weighted by atomic mass is 32.2. The fraction of sp³-hybridized carbons (Fsp3) is 0.571. The van der Waals surface area contributed by atoms with E-state index >= 15 is 0 Å². The molecule has 3 N–H and O–H groups in total. The zero-order chi connectivity index (χ0) is 15.2. The van der Waals surface area contributed by atoms with Crippen LogP contribution in [-0.4, -0.2) is 28.1 Å². The molecule has 114 valence electrons. The molecule has 0 saturated heterocycles. The van der Waals surface area contributed by atoms with Crippen molar-refractivity contribution >= 4 is 10.0 Å². The van der Waals surface area contributed by atoms with Crippen LogP contribution in [-0.2, 0) is 10.0 Å². The van der Waals surface area contributed by atoms with Crippen LogP contribution in [0.3, 0.4) is 0 Å². The SMILES string of the molecule is CCC(CC)C(N)CNS(=O)(=O)c1ccc(OC)cc1. The third-order valence-corrected chi connectivity index (χ3v) is 4.97. The predicted octanol–water partition coefficient (Wildman–Crippen LogP) is 1.74. The number of benzene rings is 1. The number of hydrogen-bond donors (Lipinski definition) is 2. The molecule has 0 heterocycles. The molecule has 0 amide bonds. The fourth-order valence-corrected chi connectivity index (χ4v) is 3.18. The van der Waals surface area contributed by atoms with E-state index in [4.69, 9.17) is 10.5 Å². The molecule has 1 atom stereocenters. The van der Waals surface area contributed by atoms with Crippen LogP contribution in [0, 0.1) is 5.92 Å². The zero-order valence-corrected chi connectivity index (χ0v) is 13.1. The Bertz CT molecular complexity index is 496. The second-order valence-electron chi connectivity index (χ2n) is 4.77. The first kappa shape index (κ1) is 16.9. The maximum atomic E-state index is 12.1. The second-order valence-corrected chi connectivity index (χ2v) is 6.53. The minimum atomic E-state index is -3.52. The van der Waals surface area contributed by atoms with Crippen LogP contribution in [0.15, 0.2) is 29.2 Å². The van der Waals surface area contributed by atoms with Gasteiger partial charge < -0.3 is 10.5 Å². The van der Waals surface area contributed by atoms with Crippen LogP contribution in [0.2, 0.25) is 0 Å². The summed E-state index contributed by atoms with van der Waals surface area (Å²) in [6.07, 6.45) is 1.89. The Hall–Kier alpha value is -1.11. The van der Waals surface area contributed by atoms with Crippen molar-refractivity contribution in [3.8, 4) is 5.75 Å². The van der Waals surface area contributed by atoms with E-state index in [9.17, 15) is 8.42 Å². The molecule has 0 aliphatic heterocycles. The van der Waals surface area contributed by atoms with Gasteiger partial charge in [-0.2, -0.15) is 0 Å². The van der Waals surface area contributed by atoms with Gasteiger partial charge in [-0.15, -0.1) is 0 Å². The van der Waals surface area contributed by atoms with Gasteiger partial charge in [-0.3, -0.25) is 0 Å². The number of sulfonamides is 1. The number of rotatable bonds is 8. The average Bonchev–Trinajstić information content (AvgIpc) is 2.46. The average molecular weight is 300 g/mol. The van der Waals surface area contributed by atoms with Crippen LogP contribution < -0.4 is 15.2 Å². The summed E-state index contributed by atoms with van der Waals surface area (Å²) in [4.78, 5) is 0.218. The lowest BCUT2D eigenvalue weighted by Crippen LogP contribution is -2.41. The van der Waals surface area contributed by atoms with Gasteiger partial charge in [0.05, 0.1) is 12.0 Å². The zero-order valence-electron chi connectivity index (χ0n) is 12.3. The highest BCUT2D eigenvalue weighted by Crippen LogP contribution is 2.16. The lowest BCUT2D eigenvalue weighted by atomic mass is 9.95. The molecular weight excluding hydrogens is 276 g/mol. The van der Waals surface area contributed by atoms with Crippen molar-refractivity contribution in [2.24, 2.45) is 11.7 Å². The number of hydrogen-bond acceptors (Lipinski definition) is 4. The van der Waals surface area contributed by atoms with E-state index in [1.54, 1.807) is 12.1 Å². The highest BCUT2D eigenvalue weighted by Gasteiger charge is 2.19. The molecule has 0 radical (unpaired) electrons. The Labute approximate surface area is 121 Å². The topological polar surface area (TPSA) is 81.4 Å². The summed E-state index contributed by atoms with van der Waals surface area (Å²) in [5.74, 6) is 0.950. The summed E-state index contributed by atoms with van der Waals surface area (Å²) in [5, 5.41) is 0. The summed E-state index contributed by atoms with van der Waals surface area (Å²) >= 11 is 0. The monoisotopic (exact) mass is 300 g/mol. The van der Waals surface area contributed by atoms with Crippen LogP contribution in [0.4, 0.5) is 0 Å². The van der Waals surface area contributed by atoms with Crippen molar-refractivity contribution in [1.29, 1.82) is 0 Å². The van der Waals surface area contributed by atoms with Gasteiger partial charge in [0.15, 0.2) is 0 Å². The molecule has 6 heteroatoms. The van der Waals surface area contributed by atoms with Gasteiger partial charge in [-0.25, -0.2) is 13.1 Å². The molecule has 0 aromatic heterocycles. The molecule has 0 spiro atoms. The van der Waals surface area contributed by atoms with E-state index in [2.05, 4.69) is 18.6 Å². The van der Waals surface area contributed by atoms with Gasteiger partial charge in [0.2, 0.25) is 10.0 Å². The van der Waals surface area contributed by atoms with Gasteiger partial charge in [-0.1, -0.05) is 26.7 Å². The van der Waals surface area contributed by atoms with Crippen molar-refractivity contribution in [1.82, 2.24) is 4.72 Å². The van der Waals surface area contributed by atoms with Crippen molar-refractivity contribution < 1.29 is 13.2 Å². The van der Waals surface area contributed by atoms with Crippen LogP contribution in [0.5, 0.6) is 5.75 Å². The standard InChI is InChI=1S/C14H24N2O3S/c1-4-11(5-2)14(15)10-16-20(17,18)13-8-6-12(19-3)7-9-13/h6-9,11,14,16H,4-5,10,15H2,1-3H3. The summed E-state index contributed by atoms with van der Waals surface area (Å²) in [5.41, 5.74) is 6.02. The van der Waals surface area contributed by atoms with E-state index in [0.29, 0.717) is 11.7 Å².